The topological polar surface area (TPSA) is 74.3 Å². The predicted molar refractivity (Wildman–Crippen MR) is 65.2 cm³/mol. The van der Waals surface area contributed by atoms with Gasteiger partial charge < -0.3 is 4.74 Å². The normalized spacial score (nSPS) is 13.8. The summed E-state index contributed by atoms with van der Waals surface area (Å²) in [6.07, 6.45) is -0.134. The van der Waals surface area contributed by atoms with Gasteiger partial charge in [-0.05, 0) is 13.3 Å². The fourth-order valence-electron chi connectivity index (χ4n) is 1.54. The van der Waals surface area contributed by atoms with Crippen molar-refractivity contribution in [2.75, 3.05) is 7.11 Å². The number of aryl methyl sites for hydroxylation is 1. The molecule has 0 aliphatic rings. The third-order valence-corrected chi connectivity index (χ3v) is 2.86. The molecule has 6 nitrogen and oxygen atoms in total. The second-order valence-electron chi connectivity index (χ2n) is 4.35. The number of halogens is 2. The summed E-state index contributed by atoms with van der Waals surface area (Å²) >= 11 is 0. The molecule has 20 heavy (non-hydrogen) atoms. The van der Waals surface area contributed by atoms with Crippen LogP contribution in [0.4, 0.5) is 8.78 Å². The van der Waals surface area contributed by atoms with Crippen LogP contribution in [0.3, 0.4) is 0 Å². The van der Waals surface area contributed by atoms with Crippen LogP contribution in [-0.4, -0.2) is 22.8 Å². The van der Waals surface area contributed by atoms with Gasteiger partial charge in [-0.3, -0.25) is 13.9 Å². The highest BCUT2D eigenvalue weighted by molar-refractivity contribution is 5.71. The molecule has 0 amide bonds. The van der Waals surface area contributed by atoms with Crippen LogP contribution in [0.15, 0.2) is 21.0 Å². The van der Waals surface area contributed by atoms with Gasteiger partial charge in [0.25, 0.3) is 0 Å². The maximum Gasteiger partial charge on any atom is 0.441 e. The second-order valence-corrected chi connectivity index (χ2v) is 4.35. The van der Waals surface area contributed by atoms with Crippen molar-refractivity contribution in [3.63, 3.8) is 0 Å². The summed E-state index contributed by atoms with van der Waals surface area (Å²) in [4.78, 5) is 22.3. The molecule has 0 fully saturated rings. The van der Waals surface area contributed by atoms with Crippen molar-refractivity contribution in [2.45, 2.75) is 33.2 Å². The van der Waals surface area contributed by atoms with Crippen LogP contribution in [0, 0.1) is 12.8 Å². The number of nitrogens with zero attached hydrogens (tertiary/aromatic N) is 2. The number of ether oxygens (including phenoxy) is 1. The van der Waals surface area contributed by atoms with Crippen LogP contribution < -0.4 is 5.76 Å². The number of carbonyl (C=O) groups excluding carboxylic acids is 1. The van der Waals surface area contributed by atoms with Gasteiger partial charge in [0.1, 0.15) is 5.83 Å². The summed E-state index contributed by atoms with van der Waals surface area (Å²) in [5.74, 6) is -3.80. The van der Waals surface area contributed by atoms with Crippen molar-refractivity contribution in [2.24, 2.45) is 5.92 Å². The van der Waals surface area contributed by atoms with Crippen LogP contribution in [0.2, 0.25) is 0 Å². The molecule has 0 aliphatic carbocycles. The summed E-state index contributed by atoms with van der Waals surface area (Å²) in [6.45, 7) is 2.42. The molecule has 0 saturated heterocycles. The van der Waals surface area contributed by atoms with E-state index >= 15 is 0 Å². The molecule has 1 rings (SSSR count). The van der Waals surface area contributed by atoms with Gasteiger partial charge in [-0.25, -0.2) is 13.6 Å². The maximum absolute atomic E-state index is 13.6. The molecule has 0 bridgehead atoms. The highest BCUT2D eigenvalue weighted by atomic mass is 19.2. The van der Waals surface area contributed by atoms with Gasteiger partial charge in [-0.15, -0.1) is 0 Å². The van der Waals surface area contributed by atoms with E-state index in [1.165, 1.54) is 14.0 Å². The molecule has 1 aromatic rings. The van der Waals surface area contributed by atoms with E-state index < -0.39 is 35.8 Å². The zero-order chi connectivity index (χ0) is 15.3. The van der Waals surface area contributed by atoms with Crippen molar-refractivity contribution >= 4 is 5.97 Å². The number of hydrogen-bond acceptors (Lipinski definition) is 5. The standard InChI is InChI=1S/C12H16F2N2O4/c1-7(11(17)19-3)4-5-9(13)10(14)6-16-8(2)15-20-12(16)18/h7H,4-6H2,1-3H3. The van der Waals surface area contributed by atoms with Gasteiger partial charge in [-0.2, -0.15) is 0 Å². The minimum absolute atomic E-state index is 0.115. The first-order valence-corrected chi connectivity index (χ1v) is 6.00. The molecule has 8 heteroatoms. The Kier molecular flexibility index (Phi) is 5.60. The van der Waals surface area contributed by atoms with E-state index in [1.54, 1.807) is 6.92 Å². The minimum atomic E-state index is -1.09. The molecule has 0 aromatic carbocycles. The Bertz CT molecular complexity index is 562. The molecular formula is C12H16F2N2O4. The molecule has 1 aromatic heterocycles. The molecule has 0 spiro atoms. The fourth-order valence-corrected chi connectivity index (χ4v) is 1.54. The number of allylic oxidation sites excluding steroid dienone is 2. The summed E-state index contributed by atoms with van der Waals surface area (Å²) in [6, 6.07) is 0. The predicted octanol–water partition coefficient (Wildman–Crippen LogP) is 1.88. The first kappa shape index (κ1) is 16.1. The molecular weight excluding hydrogens is 274 g/mol. The SMILES string of the molecule is COC(=O)C(C)CCC(F)=C(F)Cn1c(C)noc1=O. The Morgan fingerprint density at radius 1 is 1.45 bits per heavy atom. The Morgan fingerprint density at radius 3 is 2.60 bits per heavy atom. The zero-order valence-corrected chi connectivity index (χ0v) is 11.5. The Labute approximate surface area is 114 Å². The van der Waals surface area contributed by atoms with Gasteiger partial charge in [0.15, 0.2) is 11.7 Å². The summed E-state index contributed by atoms with van der Waals surface area (Å²) in [5.41, 5.74) is 0. The molecule has 1 unspecified atom stereocenters. The molecule has 0 radical (unpaired) electrons. The van der Waals surface area contributed by atoms with Crippen molar-refractivity contribution in [3.05, 3.63) is 28.0 Å². The summed E-state index contributed by atoms with van der Waals surface area (Å²) < 4.78 is 36.8. The van der Waals surface area contributed by atoms with E-state index in [1.807, 2.05) is 0 Å². The monoisotopic (exact) mass is 290 g/mol. The zero-order valence-electron chi connectivity index (χ0n) is 11.5. The van der Waals surface area contributed by atoms with E-state index in [0.717, 1.165) is 4.57 Å². The second kappa shape index (κ2) is 6.97. The van der Waals surface area contributed by atoms with Gasteiger partial charge in [0.2, 0.25) is 0 Å². The smallest absolute Gasteiger partial charge is 0.441 e. The van der Waals surface area contributed by atoms with Gasteiger partial charge in [0, 0.05) is 6.42 Å². The lowest BCUT2D eigenvalue weighted by Crippen LogP contribution is -2.17. The van der Waals surface area contributed by atoms with E-state index in [2.05, 4.69) is 14.4 Å². The molecule has 0 aliphatic heterocycles. The number of hydrogen-bond donors (Lipinski definition) is 0. The first-order chi connectivity index (χ1) is 9.36. The Hall–Kier alpha value is -1.99. The average molecular weight is 290 g/mol. The molecule has 0 saturated carbocycles. The van der Waals surface area contributed by atoms with Crippen molar-refractivity contribution in [1.82, 2.24) is 9.72 Å². The number of rotatable bonds is 6. The first-order valence-electron chi connectivity index (χ1n) is 6.00. The number of aromatic nitrogens is 2. The van der Waals surface area contributed by atoms with Crippen LogP contribution in [0.1, 0.15) is 25.6 Å². The van der Waals surface area contributed by atoms with Gasteiger partial charge in [-0.1, -0.05) is 12.1 Å². The largest absolute Gasteiger partial charge is 0.469 e. The van der Waals surface area contributed by atoms with Crippen LogP contribution >= 0.6 is 0 Å². The van der Waals surface area contributed by atoms with Crippen LogP contribution in [-0.2, 0) is 16.1 Å². The highest BCUT2D eigenvalue weighted by Gasteiger charge is 2.17. The van der Waals surface area contributed by atoms with Crippen molar-refractivity contribution < 1.29 is 22.8 Å². The van der Waals surface area contributed by atoms with Crippen molar-refractivity contribution in [3.8, 4) is 0 Å². The highest BCUT2D eigenvalue weighted by Crippen LogP contribution is 2.19. The molecule has 0 N–H and O–H groups in total. The third-order valence-electron chi connectivity index (χ3n) is 2.86. The fraction of sp³-hybridized carbons (Fsp3) is 0.583. The van der Waals surface area contributed by atoms with E-state index in [0.29, 0.717) is 0 Å². The molecule has 112 valence electrons. The van der Waals surface area contributed by atoms with Crippen LogP contribution in [0.25, 0.3) is 0 Å². The number of carbonyl (C=O) groups is 1. The summed E-state index contributed by atoms with van der Waals surface area (Å²) in [5, 5.41) is 3.34. The molecule has 1 heterocycles. The lowest BCUT2D eigenvalue weighted by atomic mass is 10.1. The van der Waals surface area contributed by atoms with Gasteiger partial charge >= 0.3 is 11.7 Å². The number of esters is 1. The van der Waals surface area contributed by atoms with E-state index in [9.17, 15) is 18.4 Å². The Morgan fingerprint density at radius 2 is 2.10 bits per heavy atom. The maximum atomic E-state index is 13.6. The Balaban J connectivity index is 2.66. The third kappa shape index (κ3) is 4.01. The van der Waals surface area contributed by atoms with E-state index in [4.69, 9.17) is 0 Å². The van der Waals surface area contributed by atoms with Crippen molar-refractivity contribution in [1.29, 1.82) is 0 Å². The lowest BCUT2D eigenvalue weighted by Gasteiger charge is -2.08. The quantitative estimate of drug-likeness (QED) is 0.748. The molecule has 1 atom stereocenters. The number of methoxy groups -OCH3 is 1. The van der Waals surface area contributed by atoms with Crippen LogP contribution in [0.5, 0.6) is 0 Å². The van der Waals surface area contributed by atoms with E-state index in [-0.39, 0.29) is 18.7 Å². The minimum Gasteiger partial charge on any atom is -0.469 e. The van der Waals surface area contributed by atoms with Gasteiger partial charge in [0.05, 0.1) is 19.6 Å². The average Bonchev–Trinajstić information content (AvgIpc) is 2.74. The summed E-state index contributed by atoms with van der Waals surface area (Å²) in [7, 11) is 1.23. The lowest BCUT2D eigenvalue weighted by molar-refractivity contribution is -0.145.